The Morgan fingerprint density at radius 3 is 2.62 bits per heavy atom. The first-order valence-corrected chi connectivity index (χ1v) is 7.97. The minimum absolute atomic E-state index is 0.00227. The summed E-state index contributed by atoms with van der Waals surface area (Å²) in [7, 11) is 3.95. The first-order valence-electron chi connectivity index (χ1n) is 7.97. The number of carbonyl (C=O) groups excluding carboxylic acids is 2. The summed E-state index contributed by atoms with van der Waals surface area (Å²) in [6.45, 7) is 1.70. The van der Waals surface area contributed by atoms with E-state index in [0.29, 0.717) is 18.4 Å². The van der Waals surface area contributed by atoms with Crippen molar-refractivity contribution in [2.45, 2.75) is 50.6 Å². The third-order valence-corrected chi connectivity index (χ3v) is 4.33. The number of likely N-dealkylation sites (N-methyl/N-ethyl adjacent to an activating group) is 1. The van der Waals surface area contributed by atoms with Gasteiger partial charge in [0, 0.05) is 37.7 Å². The van der Waals surface area contributed by atoms with E-state index in [1.54, 1.807) is 6.08 Å². The maximum Gasteiger partial charge on any atom is 0.243 e. The van der Waals surface area contributed by atoms with Crippen molar-refractivity contribution < 1.29 is 9.59 Å². The number of hydrogen-bond acceptors (Lipinski definition) is 3. The molecule has 1 heterocycles. The van der Waals surface area contributed by atoms with Crippen LogP contribution in [0.1, 0.15) is 38.5 Å². The topological polar surface area (TPSA) is 52.7 Å². The fraction of sp³-hybridized carbons (Fsp3) is 0.750. The summed E-state index contributed by atoms with van der Waals surface area (Å²) < 4.78 is 0. The molecule has 1 aliphatic heterocycles. The van der Waals surface area contributed by atoms with Gasteiger partial charge in [0.2, 0.25) is 11.8 Å². The highest BCUT2D eigenvalue weighted by atomic mass is 16.2. The monoisotopic (exact) mass is 293 g/mol. The van der Waals surface area contributed by atoms with Gasteiger partial charge in [-0.1, -0.05) is 6.08 Å². The van der Waals surface area contributed by atoms with Crippen molar-refractivity contribution in [2.75, 3.05) is 27.2 Å². The predicted molar refractivity (Wildman–Crippen MR) is 82.8 cm³/mol. The van der Waals surface area contributed by atoms with Crippen LogP contribution in [0.2, 0.25) is 0 Å². The highest BCUT2D eigenvalue weighted by molar-refractivity contribution is 5.87. The molecule has 0 spiro atoms. The Morgan fingerprint density at radius 1 is 1.33 bits per heavy atom. The van der Waals surface area contributed by atoms with Crippen molar-refractivity contribution in [1.82, 2.24) is 15.1 Å². The van der Waals surface area contributed by atoms with Crippen molar-refractivity contribution in [3.8, 4) is 0 Å². The number of nitrogens with one attached hydrogen (secondary N) is 1. The zero-order valence-corrected chi connectivity index (χ0v) is 13.2. The standard InChI is InChI=1S/C16H27N3O2/c1-18(2)11-3-5-15(20)17-13-7-9-14(10-8-13)19-12-4-6-16(19)21/h3,5,13-14H,4,6-12H2,1-2H3,(H,17,20)/b5-3+. The minimum atomic E-state index is -0.00227. The minimum Gasteiger partial charge on any atom is -0.350 e. The van der Waals surface area contributed by atoms with E-state index < -0.39 is 0 Å². The van der Waals surface area contributed by atoms with Gasteiger partial charge in [-0.25, -0.2) is 0 Å². The summed E-state index contributed by atoms with van der Waals surface area (Å²) in [5.74, 6) is 0.312. The van der Waals surface area contributed by atoms with Crippen molar-refractivity contribution in [3.63, 3.8) is 0 Å². The molecule has 0 atom stereocenters. The second kappa shape index (κ2) is 7.59. The summed E-state index contributed by atoms with van der Waals surface area (Å²) >= 11 is 0. The maximum absolute atomic E-state index is 11.8. The molecule has 118 valence electrons. The molecule has 0 aromatic rings. The van der Waals surface area contributed by atoms with E-state index in [4.69, 9.17) is 0 Å². The molecular weight excluding hydrogens is 266 g/mol. The molecule has 0 aromatic carbocycles. The molecule has 0 radical (unpaired) electrons. The van der Waals surface area contributed by atoms with Crippen LogP contribution in [-0.2, 0) is 9.59 Å². The summed E-state index contributed by atoms with van der Waals surface area (Å²) in [6, 6.07) is 0.660. The Kier molecular flexibility index (Phi) is 5.79. The normalized spacial score (nSPS) is 26.8. The van der Waals surface area contributed by atoms with Crippen LogP contribution < -0.4 is 5.32 Å². The molecule has 1 aliphatic carbocycles. The quantitative estimate of drug-likeness (QED) is 0.774. The molecular formula is C16H27N3O2. The highest BCUT2D eigenvalue weighted by Crippen LogP contribution is 2.26. The number of carbonyl (C=O) groups is 2. The number of nitrogens with zero attached hydrogens (tertiary/aromatic N) is 2. The lowest BCUT2D eigenvalue weighted by Crippen LogP contribution is -2.44. The Bertz CT molecular complexity index is 398. The van der Waals surface area contributed by atoms with Crippen LogP contribution in [0.25, 0.3) is 0 Å². The SMILES string of the molecule is CN(C)C/C=C/C(=O)NC1CCC(N2CCCC2=O)CC1. The molecule has 0 unspecified atom stereocenters. The van der Waals surface area contributed by atoms with E-state index in [-0.39, 0.29) is 11.9 Å². The van der Waals surface area contributed by atoms with Crippen molar-refractivity contribution >= 4 is 11.8 Å². The maximum atomic E-state index is 11.8. The van der Waals surface area contributed by atoms with E-state index in [9.17, 15) is 9.59 Å². The number of rotatable bonds is 5. The number of likely N-dealkylation sites (tertiary alicyclic amines) is 1. The Hall–Kier alpha value is -1.36. The van der Waals surface area contributed by atoms with Crippen LogP contribution in [0.15, 0.2) is 12.2 Å². The molecule has 0 bridgehead atoms. The van der Waals surface area contributed by atoms with E-state index >= 15 is 0 Å². The smallest absolute Gasteiger partial charge is 0.243 e. The predicted octanol–water partition coefficient (Wildman–Crippen LogP) is 1.15. The second-order valence-corrected chi connectivity index (χ2v) is 6.37. The van der Waals surface area contributed by atoms with Crippen LogP contribution in [0.4, 0.5) is 0 Å². The van der Waals surface area contributed by atoms with Gasteiger partial charge < -0.3 is 15.1 Å². The van der Waals surface area contributed by atoms with Gasteiger partial charge in [-0.3, -0.25) is 9.59 Å². The molecule has 2 aliphatic rings. The van der Waals surface area contributed by atoms with Gasteiger partial charge in [0.1, 0.15) is 0 Å². The van der Waals surface area contributed by atoms with Crippen LogP contribution in [0.5, 0.6) is 0 Å². The lowest BCUT2D eigenvalue weighted by Gasteiger charge is -2.34. The Morgan fingerprint density at radius 2 is 2.05 bits per heavy atom. The Labute approximate surface area is 127 Å². The van der Waals surface area contributed by atoms with Gasteiger partial charge in [-0.05, 0) is 46.2 Å². The van der Waals surface area contributed by atoms with Gasteiger partial charge in [-0.15, -0.1) is 0 Å². The molecule has 2 fully saturated rings. The fourth-order valence-corrected chi connectivity index (χ4v) is 3.21. The van der Waals surface area contributed by atoms with Gasteiger partial charge in [-0.2, -0.15) is 0 Å². The zero-order chi connectivity index (χ0) is 15.2. The number of amides is 2. The molecule has 2 amide bonds. The average Bonchev–Trinajstić information content (AvgIpc) is 2.85. The van der Waals surface area contributed by atoms with Gasteiger partial charge in [0.05, 0.1) is 0 Å². The number of hydrogen-bond donors (Lipinski definition) is 1. The first kappa shape index (κ1) is 16.0. The molecule has 1 N–H and O–H groups in total. The lowest BCUT2D eigenvalue weighted by atomic mass is 9.90. The van der Waals surface area contributed by atoms with Crippen molar-refractivity contribution in [1.29, 1.82) is 0 Å². The van der Waals surface area contributed by atoms with Gasteiger partial charge in [0.15, 0.2) is 0 Å². The van der Waals surface area contributed by atoms with Crippen LogP contribution in [0, 0.1) is 0 Å². The van der Waals surface area contributed by atoms with Crippen LogP contribution >= 0.6 is 0 Å². The second-order valence-electron chi connectivity index (χ2n) is 6.37. The highest BCUT2D eigenvalue weighted by Gasteiger charge is 2.31. The van der Waals surface area contributed by atoms with E-state index in [2.05, 4.69) is 10.2 Å². The van der Waals surface area contributed by atoms with Crippen LogP contribution in [0.3, 0.4) is 0 Å². The summed E-state index contributed by atoms with van der Waals surface area (Å²) in [5.41, 5.74) is 0. The molecule has 2 rings (SSSR count). The van der Waals surface area contributed by atoms with E-state index in [1.807, 2.05) is 25.1 Å². The third-order valence-electron chi connectivity index (χ3n) is 4.33. The summed E-state index contributed by atoms with van der Waals surface area (Å²) in [5, 5.41) is 3.07. The van der Waals surface area contributed by atoms with E-state index in [0.717, 1.165) is 45.2 Å². The zero-order valence-electron chi connectivity index (χ0n) is 13.2. The molecule has 5 heteroatoms. The fourth-order valence-electron chi connectivity index (χ4n) is 3.21. The van der Waals surface area contributed by atoms with Gasteiger partial charge >= 0.3 is 0 Å². The summed E-state index contributed by atoms with van der Waals surface area (Å²) in [6.07, 6.45) is 9.19. The molecule has 1 saturated carbocycles. The van der Waals surface area contributed by atoms with Crippen molar-refractivity contribution in [3.05, 3.63) is 12.2 Å². The van der Waals surface area contributed by atoms with Gasteiger partial charge in [0.25, 0.3) is 0 Å². The average molecular weight is 293 g/mol. The van der Waals surface area contributed by atoms with Crippen LogP contribution in [-0.4, -0.2) is 60.9 Å². The molecule has 0 aromatic heterocycles. The largest absolute Gasteiger partial charge is 0.350 e. The lowest BCUT2D eigenvalue weighted by molar-refractivity contribution is -0.130. The Balaban J connectivity index is 1.70. The molecule has 21 heavy (non-hydrogen) atoms. The molecule has 5 nitrogen and oxygen atoms in total. The summed E-state index contributed by atoms with van der Waals surface area (Å²) in [4.78, 5) is 27.6. The molecule has 1 saturated heterocycles. The first-order chi connectivity index (χ1) is 10.1. The third kappa shape index (κ3) is 4.84. The van der Waals surface area contributed by atoms with E-state index in [1.165, 1.54) is 0 Å². The van der Waals surface area contributed by atoms with Crippen molar-refractivity contribution in [2.24, 2.45) is 0 Å².